The van der Waals surface area contributed by atoms with Crippen LogP contribution in [0.3, 0.4) is 0 Å². The van der Waals surface area contributed by atoms with Crippen molar-refractivity contribution in [3.8, 4) is 0 Å². The lowest BCUT2D eigenvalue weighted by atomic mass is 10.0. The van der Waals surface area contributed by atoms with E-state index < -0.39 is 23.6 Å². The normalized spacial score (nSPS) is 13.0. The average Bonchev–Trinajstić information content (AvgIpc) is 2.08. The van der Waals surface area contributed by atoms with Crippen molar-refractivity contribution in [2.75, 3.05) is 6.54 Å². The number of carbonyl (C=O) groups is 2. The molecule has 0 fully saturated rings. The van der Waals surface area contributed by atoms with Crippen molar-refractivity contribution < 1.29 is 19.4 Å². The minimum Gasteiger partial charge on any atom is -0.481 e. The molecule has 5 heteroatoms. The van der Waals surface area contributed by atoms with Gasteiger partial charge in [0.25, 0.3) is 0 Å². The molecule has 0 heterocycles. The summed E-state index contributed by atoms with van der Waals surface area (Å²) >= 11 is 0. The molecule has 0 saturated heterocycles. The van der Waals surface area contributed by atoms with Crippen LogP contribution in [0.1, 0.15) is 40.5 Å². The highest BCUT2D eigenvalue weighted by Gasteiger charge is 2.17. The Morgan fingerprint density at radius 3 is 2.31 bits per heavy atom. The van der Waals surface area contributed by atoms with E-state index in [1.807, 2.05) is 6.92 Å². The largest absolute Gasteiger partial charge is 0.481 e. The van der Waals surface area contributed by atoms with Crippen LogP contribution in [-0.4, -0.2) is 29.3 Å². The van der Waals surface area contributed by atoms with Crippen molar-refractivity contribution in [3.05, 3.63) is 0 Å². The lowest BCUT2D eigenvalue weighted by Crippen LogP contribution is -2.34. The third-order valence-electron chi connectivity index (χ3n) is 2.00. The van der Waals surface area contributed by atoms with Gasteiger partial charge in [0.2, 0.25) is 0 Å². The molecule has 0 spiro atoms. The van der Waals surface area contributed by atoms with E-state index in [-0.39, 0.29) is 0 Å². The van der Waals surface area contributed by atoms with E-state index in [1.54, 1.807) is 20.8 Å². The molecular formula is C11H21NO4. The molecule has 5 nitrogen and oxygen atoms in total. The van der Waals surface area contributed by atoms with Crippen LogP contribution >= 0.6 is 0 Å². The number of alkyl carbamates (subject to hydrolysis) is 1. The van der Waals surface area contributed by atoms with Gasteiger partial charge < -0.3 is 15.2 Å². The van der Waals surface area contributed by atoms with Crippen molar-refractivity contribution in [3.63, 3.8) is 0 Å². The maximum absolute atomic E-state index is 11.2. The monoisotopic (exact) mass is 231 g/mol. The Bertz CT molecular complexity index is 245. The summed E-state index contributed by atoms with van der Waals surface area (Å²) in [6.07, 6.45) is 0.476. The minimum atomic E-state index is -0.825. The summed E-state index contributed by atoms with van der Waals surface area (Å²) in [6, 6.07) is 0. The zero-order valence-corrected chi connectivity index (χ0v) is 10.4. The fourth-order valence-electron chi connectivity index (χ4n) is 1.16. The quantitative estimate of drug-likeness (QED) is 0.759. The van der Waals surface area contributed by atoms with Crippen LogP contribution in [0.25, 0.3) is 0 Å². The minimum absolute atomic E-state index is 0.319. The summed E-state index contributed by atoms with van der Waals surface area (Å²) in [4.78, 5) is 21.9. The molecule has 0 radical (unpaired) electrons. The Morgan fingerprint density at radius 1 is 1.38 bits per heavy atom. The number of carboxylic acids is 1. The van der Waals surface area contributed by atoms with Crippen molar-refractivity contribution in [1.82, 2.24) is 5.32 Å². The summed E-state index contributed by atoms with van der Waals surface area (Å²) in [5, 5.41) is 11.3. The second-order valence-corrected chi connectivity index (χ2v) is 4.66. The smallest absolute Gasteiger partial charge is 0.407 e. The highest BCUT2D eigenvalue weighted by Crippen LogP contribution is 2.08. The Labute approximate surface area is 96.2 Å². The third kappa shape index (κ3) is 7.09. The predicted octanol–water partition coefficient (Wildman–Crippen LogP) is 2.01. The van der Waals surface area contributed by atoms with Crippen molar-refractivity contribution in [2.24, 2.45) is 5.92 Å². The number of ether oxygens (including phenoxy) is 1. The Morgan fingerprint density at radius 2 is 1.94 bits per heavy atom. The van der Waals surface area contributed by atoms with Gasteiger partial charge in [0, 0.05) is 6.54 Å². The predicted molar refractivity (Wildman–Crippen MR) is 60.3 cm³/mol. The second kappa shape index (κ2) is 6.35. The molecule has 2 N–H and O–H groups in total. The fraction of sp³-hybridized carbons (Fsp3) is 0.818. The average molecular weight is 231 g/mol. The van der Waals surface area contributed by atoms with Crippen LogP contribution in [0.5, 0.6) is 0 Å². The van der Waals surface area contributed by atoms with E-state index in [0.29, 0.717) is 19.4 Å². The lowest BCUT2D eigenvalue weighted by molar-refractivity contribution is -0.142. The number of rotatable bonds is 5. The van der Waals surface area contributed by atoms with Crippen molar-refractivity contribution >= 4 is 12.1 Å². The number of amides is 1. The molecule has 94 valence electrons. The van der Waals surface area contributed by atoms with E-state index in [1.165, 1.54) is 0 Å². The Kier molecular flexibility index (Phi) is 5.85. The Hall–Kier alpha value is -1.26. The fourth-order valence-corrected chi connectivity index (χ4v) is 1.16. The molecule has 0 aromatic rings. The number of nitrogens with one attached hydrogen (secondary N) is 1. The molecule has 0 aromatic carbocycles. The van der Waals surface area contributed by atoms with Crippen molar-refractivity contribution in [2.45, 2.75) is 46.1 Å². The highest BCUT2D eigenvalue weighted by atomic mass is 16.6. The van der Waals surface area contributed by atoms with Gasteiger partial charge >= 0.3 is 12.1 Å². The number of carbonyl (C=O) groups excluding carboxylic acids is 1. The molecule has 0 aromatic heterocycles. The third-order valence-corrected chi connectivity index (χ3v) is 2.00. The number of hydrogen-bond acceptors (Lipinski definition) is 3. The first kappa shape index (κ1) is 14.7. The van der Waals surface area contributed by atoms with Gasteiger partial charge in [-0.05, 0) is 33.6 Å². The zero-order valence-electron chi connectivity index (χ0n) is 10.4. The summed E-state index contributed by atoms with van der Waals surface area (Å²) in [5.74, 6) is -1.23. The number of aliphatic carboxylic acids is 1. The molecule has 0 rings (SSSR count). The van der Waals surface area contributed by atoms with Gasteiger partial charge in [-0.2, -0.15) is 0 Å². The maximum Gasteiger partial charge on any atom is 0.407 e. The van der Waals surface area contributed by atoms with Crippen LogP contribution in [0.2, 0.25) is 0 Å². The van der Waals surface area contributed by atoms with E-state index >= 15 is 0 Å². The molecule has 0 aliphatic heterocycles. The molecular weight excluding hydrogens is 210 g/mol. The topological polar surface area (TPSA) is 75.6 Å². The molecule has 16 heavy (non-hydrogen) atoms. The standard InChI is InChI=1S/C11H21NO4/c1-5-8(9(13)14)6-7-12-10(15)16-11(2,3)4/h8H,5-7H2,1-4H3,(H,12,15)(H,13,14). The van der Waals surface area contributed by atoms with E-state index in [4.69, 9.17) is 9.84 Å². The van der Waals surface area contributed by atoms with Gasteiger partial charge in [0.1, 0.15) is 5.60 Å². The van der Waals surface area contributed by atoms with E-state index in [0.717, 1.165) is 0 Å². The highest BCUT2D eigenvalue weighted by molar-refractivity contribution is 5.70. The summed E-state index contributed by atoms with van der Waals surface area (Å²) in [6.45, 7) is 7.46. The van der Waals surface area contributed by atoms with Gasteiger partial charge in [-0.25, -0.2) is 4.79 Å². The van der Waals surface area contributed by atoms with Crippen molar-refractivity contribution in [1.29, 1.82) is 0 Å². The summed E-state index contributed by atoms with van der Waals surface area (Å²) in [7, 11) is 0. The van der Waals surface area contributed by atoms with Crippen LogP contribution < -0.4 is 5.32 Å². The molecule has 0 aliphatic carbocycles. The second-order valence-electron chi connectivity index (χ2n) is 4.66. The first-order chi connectivity index (χ1) is 7.26. The Balaban J connectivity index is 3.81. The summed E-state index contributed by atoms with van der Waals surface area (Å²) < 4.78 is 5.02. The van der Waals surface area contributed by atoms with E-state index in [9.17, 15) is 9.59 Å². The molecule has 1 unspecified atom stereocenters. The first-order valence-electron chi connectivity index (χ1n) is 5.46. The molecule has 0 aliphatic rings. The zero-order chi connectivity index (χ0) is 12.8. The van der Waals surface area contributed by atoms with Crippen LogP contribution in [0.15, 0.2) is 0 Å². The first-order valence-corrected chi connectivity index (χ1v) is 5.46. The SMILES string of the molecule is CCC(CCNC(=O)OC(C)(C)C)C(=O)O. The van der Waals surface area contributed by atoms with Gasteiger partial charge in [-0.3, -0.25) is 4.79 Å². The lowest BCUT2D eigenvalue weighted by Gasteiger charge is -2.20. The van der Waals surface area contributed by atoms with Crippen LogP contribution in [0, 0.1) is 5.92 Å². The molecule has 1 amide bonds. The molecule has 0 bridgehead atoms. The van der Waals surface area contributed by atoms with Gasteiger partial charge in [-0.1, -0.05) is 6.92 Å². The molecule has 1 atom stereocenters. The van der Waals surface area contributed by atoms with Gasteiger partial charge in [0.15, 0.2) is 0 Å². The number of carboxylic acid groups (broad SMARTS) is 1. The van der Waals surface area contributed by atoms with Crippen LogP contribution in [0.4, 0.5) is 4.79 Å². The van der Waals surface area contributed by atoms with Gasteiger partial charge in [-0.15, -0.1) is 0 Å². The maximum atomic E-state index is 11.2. The summed E-state index contributed by atoms with van der Waals surface area (Å²) in [5.41, 5.74) is -0.527. The number of hydrogen-bond donors (Lipinski definition) is 2. The van der Waals surface area contributed by atoms with Gasteiger partial charge in [0.05, 0.1) is 5.92 Å². The van der Waals surface area contributed by atoms with E-state index in [2.05, 4.69) is 5.32 Å². The van der Waals surface area contributed by atoms with Crippen LogP contribution in [-0.2, 0) is 9.53 Å². The molecule has 0 saturated carbocycles.